The van der Waals surface area contributed by atoms with E-state index in [9.17, 15) is 10.1 Å². The van der Waals surface area contributed by atoms with Gasteiger partial charge in [0.1, 0.15) is 0 Å². The number of piperidine rings is 1. The van der Waals surface area contributed by atoms with Crippen LogP contribution in [0.2, 0.25) is 10.0 Å². The molecule has 0 bridgehead atoms. The van der Waals surface area contributed by atoms with Gasteiger partial charge in [-0.05, 0) is 61.6 Å². The number of amides is 1. The van der Waals surface area contributed by atoms with E-state index in [1.807, 2.05) is 49.4 Å². The summed E-state index contributed by atoms with van der Waals surface area (Å²) < 4.78 is 0. The highest BCUT2D eigenvalue weighted by Crippen LogP contribution is 2.52. The summed E-state index contributed by atoms with van der Waals surface area (Å²) in [5.41, 5.74) is 1.42. The van der Waals surface area contributed by atoms with Gasteiger partial charge >= 0.3 is 0 Å². The largest absolute Gasteiger partial charge is 0.332 e. The number of hydrogen-bond acceptors (Lipinski definition) is 2. The molecule has 1 saturated heterocycles. The van der Waals surface area contributed by atoms with E-state index in [0.717, 1.165) is 24.0 Å². The molecule has 5 heteroatoms. The summed E-state index contributed by atoms with van der Waals surface area (Å²) in [6.45, 7) is 6.17. The van der Waals surface area contributed by atoms with Gasteiger partial charge in [0.25, 0.3) is 0 Å². The maximum absolute atomic E-state index is 13.8. The van der Waals surface area contributed by atoms with Crippen LogP contribution in [-0.2, 0) is 4.79 Å². The summed E-state index contributed by atoms with van der Waals surface area (Å²) in [6, 6.07) is 17.9. The van der Waals surface area contributed by atoms with Gasteiger partial charge in [0, 0.05) is 28.4 Å². The molecule has 3 atom stereocenters. The second-order valence-electron chi connectivity index (χ2n) is 8.44. The molecule has 30 heavy (non-hydrogen) atoms. The Bertz CT molecular complexity index is 933. The van der Waals surface area contributed by atoms with Crippen molar-refractivity contribution >= 4 is 29.1 Å². The number of carbonyl (C=O) groups is 1. The molecule has 1 heterocycles. The van der Waals surface area contributed by atoms with E-state index in [-0.39, 0.29) is 30.3 Å². The minimum atomic E-state index is -0.729. The second kappa shape index (κ2) is 9.41. The van der Waals surface area contributed by atoms with Crippen LogP contribution in [-0.4, -0.2) is 16.8 Å². The summed E-state index contributed by atoms with van der Waals surface area (Å²) in [5.74, 6) is 0.0949. The van der Waals surface area contributed by atoms with E-state index in [4.69, 9.17) is 23.2 Å². The lowest BCUT2D eigenvalue weighted by Gasteiger charge is -2.51. The molecule has 3 nitrogen and oxygen atoms in total. The average Bonchev–Trinajstić information content (AvgIpc) is 2.73. The molecule has 1 fully saturated rings. The highest BCUT2D eigenvalue weighted by molar-refractivity contribution is 6.30. The van der Waals surface area contributed by atoms with Crippen LogP contribution in [0.1, 0.15) is 69.5 Å². The van der Waals surface area contributed by atoms with Crippen LogP contribution in [0, 0.1) is 16.7 Å². The van der Waals surface area contributed by atoms with Crippen LogP contribution < -0.4 is 0 Å². The first-order valence-corrected chi connectivity index (χ1v) is 11.3. The average molecular weight is 443 g/mol. The lowest BCUT2D eigenvalue weighted by Crippen LogP contribution is -2.55. The molecule has 158 valence electrons. The fourth-order valence-corrected chi connectivity index (χ4v) is 5.13. The number of rotatable bonds is 6. The number of hydrogen-bond donors (Lipinski definition) is 0. The van der Waals surface area contributed by atoms with Crippen molar-refractivity contribution in [1.29, 1.82) is 5.26 Å². The minimum absolute atomic E-state index is 0.0292. The minimum Gasteiger partial charge on any atom is -0.332 e. The van der Waals surface area contributed by atoms with Gasteiger partial charge in [-0.25, -0.2) is 0 Å². The van der Waals surface area contributed by atoms with Gasteiger partial charge in [-0.15, -0.1) is 0 Å². The lowest BCUT2D eigenvalue weighted by atomic mass is 9.67. The molecule has 0 aromatic heterocycles. The normalized spacial score (nSPS) is 24.2. The van der Waals surface area contributed by atoms with E-state index >= 15 is 0 Å². The summed E-state index contributed by atoms with van der Waals surface area (Å²) in [5, 5.41) is 10.8. The third kappa shape index (κ3) is 4.36. The summed E-state index contributed by atoms with van der Waals surface area (Å²) in [4.78, 5) is 15.9. The Morgan fingerprint density at radius 1 is 1.10 bits per heavy atom. The zero-order valence-corrected chi connectivity index (χ0v) is 19.2. The van der Waals surface area contributed by atoms with Gasteiger partial charge in [0.15, 0.2) is 0 Å². The van der Waals surface area contributed by atoms with Crippen molar-refractivity contribution in [3.05, 3.63) is 69.7 Å². The molecule has 2 aromatic carbocycles. The Labute approximate surface area is 189 Å². The van der Waals surface area contributed by atoms with Gasteiger partial charge in [0.2, 0.25) is 5.91 Å². The number of halogens is 2. The third-order valence-electron chi connectivity index (χ3n) is 6.40. The number of nitrogens with zero attached hydrogens (tertiary/aromatic N) is 2. The summed E-state index contributed by atoms with van der Waals surface area (Å²) >= 11 is 12.5. The Morgan fingerprint density at radius 2 is 1.77 bits per heavy atom. The van der Waals surface area contributed by atoms with E-state index in [0.29, 0.717) is 16.5 Å². The summed E-state index contributed by atoms with van der Waals surface area (Å²) in [6.07, 6.45) is 2.52. The third-order valence-corrected chi connectivity index (χ3v) is 6.88. The van der Waals surface area contributed by atoms with Crippen LogP contribution in [0.4, 0.5) is 0 Å². The van der Waals surface area contributed by atoms with Gasteiger partial charge in [0.05, 0.1) is 17.5 Å². The molecule has 2 aromatic rings. The zero-order chi connectivity index (χ0) is 21.9. The van der Waals surface area contributed by atoms with Crippen LogP contribution in [0.15, 0.2) is 48.5 Å². The first-order valence-electron chi connectivity index (χ1n) is 10.5. The van der Waals surface area contributed by atoms with Crippen molar-refractivity contribution in [2.24, 2.45) is 5.41 Å². The Hall–Kier alpha value is -2.02. The van der Waals surface area contributed by atoms with Crippen molar-refractivity contribution in [2.45, 2.75) is 64.5 Å². The lowest BCUT2D eigenvalue weighted by molar-refractivity contribution is -0.154. The maximum atomic E-state index is 13.8. The van der Waals surface area contributed by atoms with E-state index in [1.54, 1.807) is 0 Å². The summed E-state index contributed by atoms with van der Waals surface area (Å²) in [7, 11) is 0. The van der Waals surface area contributed by atoms with Crippen LogP contribution in [0.25, 0.3) is 0 Å². The molecular weight excluding hydrogens is 415 g/mol. The van der Waals surface area contributed by atoms with Crippen LogP contribution in [0.3, 0.4) is 0 Å². The molecule has 0 radical (unpaired) electrons. The SMILES string of the molecule is CCC(CC)N1C(=O)C(C)(CC#N)CC(c2cccc(Cl)c2)C1c1ccc(Cl)cc1. The van der Waals surface area contributed by atoms with E-state index in [2.05, 4.69) is 30.9 Å². The molecule has 3 rings (SSSR count). The quantitative estimate of drug-likeness (QED) is 0.476. The monoisotopic (exact) mass is 442 g/mol. The Balaban J connectivity index is 2.22. The predicted molar refractivity (Wildman–Crippen MR) is 123 cm³/mol. The molecule has 1 aliphatic rings. The van der Waals surface area contributed by atoms with Crippen LogP contribution >= 0.6 is 23.2 Å². The molecule has 0 saturated carbocycles. The van der Waals surface area contributed by atoms with Gasteiger partial charge in [-0.3, -0.25) is 4.79 Å². The van der Waals surface area contributed by atoms with Crippen molar-refractivity contribution in [3.8, 4) is 6.07 Å². The topological polar surface area (TPSA) is 44.1 Å². The molecule has 3 unspecified atom stereocenters. The van der Waals surface area contributed by atoms with Crippen LogP contribution in [0.5, 0.6) is 0 Å². The fraction of sp³-hybridized carbons (Fsp3) is 0.440. The highest BCUT2D eigenvalue weighted by atomic mass is 35.5. The smallest absolute Gasteiger partial charge is 0.230 e. The molecule has 0 N–H and O–H groups in total. The second-order valence-corrected chi connectivity index (χ2v) is 9.31. The molecule has 1 amide bonds. The van der Waals surface area contributed by atoms with Crippen molar-refractivity contribution < 1.29 is 4.79 Å². The fourth-order valence-electron chi connectivity index (χ4n) is 4.80. The van der Waals surface area contributed by atoms with Gasteiger partial charge in [-0.1, -0.05) is 61.3 Å². The molecule has 0 aliphatic carbocycles. The first kappa shape index (κ1) is 22.7. The molecule has 1 aliphatic heterocycles. The number of nitriles is 1. The van der Waals surface area contributed by atoms with Crippen molar-refractivity contribution in [3.63, 3.8) is 0 Å². The number of benzene rings is 2. The first-order chi connectivity index (χ1) is 14.3. The standard InChI is InChI=1S/C25H28Cl2N2O/c1-4-21(5-2)29-23(17-9-11-19(26)12-10-17)22(18-7-6-8-20(27)15-18)16-25(3,13-14-28)24(29)30/h6-12,15,21-23H,4-5,13,16H2,1-3H3. The number of likely N-dealkylation sites (tertiary alicyclic amines) is 1. The highest BCUT2D eigenvalue weighted by Gasteiger charge is 2.51. The van der Waals surface area contributed by atoms with E-state index < -0.39 is 5.41 Å². The van der Waals surface area contributed by atoms with Crippen molar-refractivity contribution in [1.82, 2.24) is 4.90 Å². The van der Waals surface area contributed by atoms with Gasteiger partial charge < -0.3 is 4.90 Å². The van der Waals surface area contributed by atoms with E-state index in [1.165, 1.54) is 0 Å². The molecular formula is C25H28Cl2N2O. The molecule has 0 spiro atoms. The maximum Gasteiger partial charge on any atom is 0.230 e. The number of carbonyl (C=O) groups excluding carboxylic acids is 1. The Kier molecular flexibility index (Phi) is 7.11. The van der Waals surface area contributed by atoms with Crippen molar-refractivity contribution in [2.75, 3.05) is 0 Å². The predicted octanol–water partition coefficient (Wildman–Crippen LogP) is 7.16. The van der Waals surface area contributed by atoms with Gasteiger partial charge in [-0.2, -0.15) is 5.26 Å². The Morgan fingerprint density at radius 3 is 2.33 bits per heavy atom. The zero-order valence-electron chi connectivity index (χ0n) is 17.7.